The van der Waals surface area contributed by atoms with Crippen molar-refractivity contribution in [1.82, 2.24) is 4.90 Å². The van der Waals surface area contributed by atoms with Crippen molar-refractivity contribution >= 4 is 11.8 Å². The lowest BCUT2D eigenvalue weighted by atomic mass is 9.88. The largest absolute Gasteiger partial charge is 0.493 e. The summed E-state index contributed by atoms with van der Waals surface area (Å²) in [6.45, 7) is 1.41. The van der Waals surface area contributed by atoms with Gasteiger partial charge < -0.3 is 20.9 Å². The first-order valence-corrected chi connectivity index (χ1v) is 10.5. The summed E-state index contributed by atoms with van der Waals surface area (Å²) in [5, 5.41) is 0. The minimum Gasteiger partial charge on any atom is -0.493 e. The number of nitrogens with zero attached hydrogens (tertiary/aromatic N) is 1. The van der Waals surface area contributed by atoms with Crippen molar-refractivity contribution in [3.8, 4) is 11.5 Å². The molecule has 164 valence electrons. The summed E-state index contributed by atoms with van der Waals surface area (Å²) in [4.78, 5) is 27.3. The molecule has 4 rings (SSSR count). The van der Waals surface area contributed by atoms with Crippen LogP contribution < -0.4 is 20.9 Å². The highest BCUT2D eigenvalue weighted by atomic mass is 16.5. The van der Waals surface area contributed by atoms with E-state index in [4.69, 9.17) is 20.9 Å². The molecular weight excluding hydrogens is 394 g/mol. The highest BCUT2D eigenvalue weighted by molar-refractivity contribution is 5.95. The highest BCUT2D eigenvalue weighted by Gasteiger charge is 2.44. The zero-order valence-corrected chi connectivity index (χ0v) is 18.2. The van der Waals surface area contributed by atoms with Crippen LogP contribution in [0, 0.1) is 0 Å². The van der Waals surface area contributed by atoms with Gasteiger partial charge in [-0.3, -0.25) is 14.5 Å². The van der Waals surface area contributed by atoms with Crippen LogP contribution in [0.1, 0.15) is 48.1 Å². The molecule has 0 saturated heterocycles. The second-order valence-electron chi connectivity index (χ2n) is 8.44. The molecule has 0 fully saturated rings. The smallest absolute Gasteiger partial charge is 0.231 e. The Hall–Kier alpha value is -2.90. The maximum absolute atomic E-state index is 13.4. The van der Waals surface area contributed by atoms with Gasteiger partial charge in [0, 0.05) is 18.9 Å². The Morgan fingerprint density at radius 1 is 1.16 bits per heavy atom. The van der Waals surface area contributed by atoms with Gasteiger partial charge in [0.15, 0.2) is 11.5 Å². The van der Waals surface area contributed by atoms with Gasteiger partial charge >= 0.3 is 0 Å². The molecule has 3 unspecified atom stereocenters. The number of hydrogen-bond acceptors (Lipinski definition) is 6. The van der Waals surface area contributed by atoms with E-state index in [-0.39, 0.29) is 18.2 Å². The number of imide groups is 1. The Labute approximate surface area is 182 Å². The molecule has 0 spiro atoms. The van der Waals surface area contributed by atoms with Crippen LogP contribution in [-0.2, 0) is 28.0 Å². The zero-order valence-electron chi connectivity index (χ0n) is 18.2. The molecule has 3 atom stereocenters. The van der Waals surface area contributed by atoms with Crippen molar-refractivity contribution in [1.29, 1.82) is 0 Å². The number of fused-ring (bicyclic) bond motifs is 2. The van der Waals surface area contributed by atoms with E-state index < -0.39 is 17.6 Å². The molecule has 31 heavy (non-hydrogen) atoms. The molecule has 2 aromatic carbocycles. The molecule has 0 aromatic heterocycles. The fourth-order valence-electron chi connectivity index (χ4n) is 5.18. The van der Waals surface area contributed by atoms with Crippen LogP contribution in [0.4, 0.5) is 0 Å². The van der Waals surface area contributed by atoms with Crippen LogP contribution in [0.15, 0.2) is 36.4 Å². The second-order valence-corrected chi connectivity index (χ2v) is 8.44. The Balaban J connectivity index is 1.61. The Bertz CT molecular complexity index is 1040. The van der Waals surface area contributed by atoms with Gasteiger partial charge in [-0.1, -0.05) is 30.3 Å². The molecule has 2 aliphatic carbocycles. The number of ether oxygens (including phenoxy) is 2. The molecule has 7 nitrogen and oxygen atoms in total. The average Bonchev–Trinajstić information content (AvgIpc) is 3.24. The second kappa shape index (κ2) is 7.98. The molecular formula is C24H29N3O4. The first-order valence-electron chi connectivity index (χ1n) is 10.5. The van der Waals surface area contributed by atoms with E-state index in [0.29, 0.717) is 30.8 Å². The first kappa shape index (κ1) is 21.3. The molecule has 0 saturated carbocycles. The summed E-state index contributed by atoms with van der Waals surface area (Å²) in [6.07, 6.45) is 1.84. The van der Waals surface area contributed by atoms with Gasteiger partial charge in [0.05, 0.1) is 31.8 Å². The quantitative estimate of drug-likeness (QED) is 0.763. The minimum absolute atomic E-state index is 0.0224. The Kier molecular flexibility index (Phi) is 5.49. The first-order chi connectivity index (χ1) is 14.8. The summed E-state index contributed by atoms with van der Waals surface area (Å²) >= 11 is 0. The molecule has 0 bridgehead atoms. The van der Waals surface area contributed by atoms with Crippen LogP contribution in [-0.4, -0.2) is 37.0 Å². The molecule has 0 heterocycles. The maximum Gasteiger partial charge on any atom is 0.231 e. The Morgan fingerprint density at radius 2 is 1.90 bits per heavy atom. The topological polar surface area (TPSA) is 108 Å². The average molecular weight is 424 g/mol. The number of benzene rings is 2. The lowest BCUT2D eigenvalue weighted by Crippen LogP contribution is -2.50. The van der Waals surface area contributed by atoms with Crippen molar-refractivity contribution in [2.24, 2.45) is 11.5 Å². The highest BCUT2D eigenvalue weighted by Crippen LogP contribution is 2.46. The van der Waals surface area contributed by atoms with E-state index in [1.54, 1.807) is 20.3 Å². The molecule has 2 amide bonds. The normalized spacial score (nSPS) is 23.8. The fourth-order valence-corrected chi connectivity index (χ4v) is 5.18. The number of methoxy groups -OCH3 is 2. The molecule has 7 heteroatoms. The van der Waals surface area contributed by atoms with Crippen molar-refractivity contribution in [2.45, 2.75) is 50.2 Å². The van der Waals surface area contributed by atoms with Crippen LogP contribution >= 0.6 is 0 Å². The number of amides is 2. The number of carbonyl (C=O) groups excluding carboxylic acids is 2. The lowest BCUT2D eigenvalue weighted by Gasteiger charge is -2.33. The predicted molar refractivity (Wildman–Crippen MR) is 117 cm³/mol. The van der Waals surface area contributed by atoms with Gasteiger partial charge in [-0.2, -0.15) is 0 Å². The van der Waals surface area contributed by atoms with Crippen LogP contribution in [0.3, 0.4) is 0 Å². The van der Waals surface area contributed by atoms with E-state index in [0.717, 1.165) is 22.3 Å². The summed E-state index contributed by atoms with van der Waals surface area (Å²) in [5.41, 5.74) is 16.2. The van der Waals surface area contributed by atoms with Crippen molar-refractivity contribution in [3.05, 3.63) is 58.7 Å². The van der Waals surface area contributed by atoms with E-state index in [1.807, 2.05) is 30.3 Å². The predicted octanol–water partition coefficient (Wildman–Crippen LogP) is 2.19. The molecule has 0 radical (unpaired) electrons. The number of hydrogen-bond donors (Lipinski definition) is 2. The van der Waals surface area contributed by atoms with Crippen molar-refractivity contribution < 1.29 is 19.1 Å². The van der Waals surface area contributed by atoms with E-state index in [9.17, 15) is 9.59 Å². The van der Waals surface area contributed by atoms with E-state index in [1.165, 1.54) is 11.8 Å². The zero-order chi connectivity index (χ0) is 22.3. The Morgan fingerprint density at radius 3 is 2.55 bits per heavy atom. The number of rotatable bonds is 5. The van der Waals surface area contributed by atoms with Gasteiger partial charge in [0.25, 0.3) is 0 Å². The number of carbonyl (C=O) groups is 2. The third-order valence-corrected chi connectivity index (χ3v) is 6.67. The molecule has 0 aliphatic heterocycles. The third-order valence-electron chi connectivity index (χ3n) is 6.67. The molecule has 2 aliphatic rings. The summed E-state index contributed by atoms with van der Waals surface area (Å²) in [7, 11) is 3.18. The summed E-state index contributed by atoms with van der Waals surface area (Å²) in [5.74, 6) is 0.673. The summed E-state index contributed by atoms with van der Waals surface area (Å²) < 4.78 is 10.9. The fraction of sp³-hybridized carbons (Fsp3) is 0.417. The van der Waals surface area contributed by atoms with Gasteiger partial charge in [-0.15, -0.1) is 0 Å². The maximum atomic E-state index is 13.4. The van der Waals surface area contributed by atoms with Crippen molar-refractivity contribution in [3.63, 3.8) is 0 Å². The molecule has 4 N–H and O–H groups in total. The lowest BCUT2D eigenvalue weighted by molar-refractivity contribution is -0.147. The van der Waals surface area contributed by atoms with Crippen LogP contribution in [0.2, 0.25) is 0 Å². The van der Waals surface area contributed by atoms with Gasteiger partial charge in [0.1, 0.15) is 0 Å². The molecule has 2 aromatic rings. The van der Waals surface area contributed by atoms with Crippen LogP contribution in [0.5, 0.6) is 11.5 Å². The third kappa shape index (κ3) is 3.47. The minimum atomic E-state index is -0.880. The van der Waals surface area contributed by atoms with Crippen molar-refractivity contribution in [2.75, 3.05) is 14.2 Å². The SMILES string of the molecule is COc1ccc2c(c1OC)CCC2(N)CC(=O)N(C(C)=O)C1Cc2ccccc2C1N. The number of nitrogens with two attached hydrogens (primary N) is 2. The van der Waals surface area contributed by atoms with E-state index in [2.05, 4.69) is 0 Å². The van der Waals surface area contributed by atoms with Gasteiger partial charge in [0.2, 0.25) is 11.8 Å². The summed E-state index contributed by atoms with van der Waals surface area (Å²) in [6, 6.07) is 10.7. The monoisotopic (exact) mass is 423 g/mol. The van der Waals surface area contributed by atoms with Gasteiger partial charge in [-0.05, 0) is 42.0 Å². The standard InChI is InChI=1S/C24H29N3O4/c1-14(28)27(19-12-15-6-4-5-7-16(15)22(19)25)21(29)13-24(26)11-10-17-18(24)8-9-20(30-2)23(17)31-3/h4-9,19,22H,10-13,25-26H2,1-3H3. The van der Waals surface area contributed by atoms with Gasteiger partial charge in [-0.25, -0.2) is 0 Å². The van der Waals surface area contributed by atoms with E-state index >= 15 is 0 Å². The van der Waals surface area contributed by atoms with Crippen LogP contribution in [0.25, 0.3) is 0 Å².